The van der Waals surface area contributed by atoms with Gasteiger partial charge in [-0.2, -0.15) is 0 Å². The summed E-state index contributed by atoms with van der Waals surface area (Å²) in [4.78, 5) is 0. The molecule has 0 aromatic heterocycles. The fourth-order valence-electron chi connectivity index (χ4n) is 4.33. The van der Waals surface area contributed by atoms with Crippen LogP contribution in [-0.2, 0) is 23.7 Å². The number of fused-ring (bicyclic) bond motifs is 1. The first-order valence-corrected chi connectivity index (χ1v) is 11.0. The van der Waals surface area contributed by atoms with E-state index in [1.165, 1.54) is 0 Å². The Morgan fingerprint density at radius 1 is 1.00 bits per heavy atom. The lowest BCUT2D eigenvalue weighted by Crippen LogP contribution is -2.44. The maximum Gasteiger partial charge on any atom is 0.164 e. The summed E-state index contributed by atoms with van der Waals surface area (Å²) in [6, 6.07) is 8.60. The van der Waals surface area contributed by atoms with Crippen LogP contribution in [0.2, 0.25) is 0 Å². The molecule has 6 atom stereocenters. The highest BCUT2D eigenvalue weighted by molar-refractivity contribution is 5.29. The van der Waals surface area contributed by atoms with E-state index >= 15 is 0 Å². The molecule has 176 valence electrons. The van der Waals surface area contributed by atoms with Crippen LogP contribution in [0, 0.1) is 11.8 Å². The molecule has 0 saturated carbocycles. The zero-order valence-electron chi connectivity index (χ0n) is 19.4. The second-order valence-electron chi connectivity index (χ2n) is 9.94. The topological polar surface area (TPSA) is 89.9 Å². The van der Waals surface area contributed by atoms with Crippen LogP contribution in [-0.4, -0.2) is 69.8 Å². The summed E-state index contributed by atoms with van der Waals surface area (Å²) in [5.41, 5.74) is -0.458. The van der Waals surface area contributed by atoms with Gasteiger partial charge >= 0.3 is 0 Å². The van der Waals surface area contributed by atoms with Crippen LogP contribution in [0.5, 0.6) is 0 Å². The average Bonchev–Trinajstić information content (AvgIpc) is 3.31. The Hall–Kier alpha value is -1.54. The third kappa shape index (κ3) is 5.01. The van der Waals surface area contributed by atoms with Crippen molar-refractivity contribution < 1.29 is 34.0 Å². The molecule has 1 aromatic carbocycles. The van der Waals surface area contributed by atoms with Gasteiger partial charge in [0.25, 0.3) is 0 Å². The molecule has 0 spiro atoms. The number of aliphatic hydroxyl groups is 1. The van der Waals surface area contributed by atoms with Crippen molar-refractivity contribution in [1.82, 2.24) is 5.06 Å². The van der Waals surface area contributed by atoms with Crippen molar-refractivity contribution in [1.29, 1.82) is 0 Å². The van der Waals surface area contributed by atoms with Gasteiger partial charge in [-0.05, 0) is 47.1 Å². The minimum absolute atomic E-state index is 0.351. The maximum atomic E-state index is 11.4. The van der Waals surface area contributed by atoms with E-state index in [0.29, 0.717) is 6.61 Å². The number of benzene rings is 1. The molecule has 0 bridgehead atoms. The lowest BCUT2D eigenvalue weighted by Gasteiger charge is -2.32. The van der Waals surface area contributed by atoms with Gasteiger partial charge in [-0.1, -0.05) is 42.2 Å². The smallest absolute Gasteiger partial charge is 0.164 e. The zero-order chi connectivity index (χ0) is 23.3. The van der Waals surface area contributed by atoms with Crippen LogP contribution in [0.25, 0.3) is 0 Å². The molecule has 4 rings (SSSR count). The summed E-state index contributed by atoms with van der Waals surface area (Å²) >= 11 is 0. The molecule has 3 aliphatic rings. The molecule has 2 N–H and O–H groups in total. The standard InChI is InChI=1S/C24H33NO7/c1-22(2,26)13-12-16(15-10-8-7-9-11-15)25(27)21-20-19(31-24(5,6)32-20)18(29-21)17-14-28-23(3,4)30-17/h7-11,16-21,26-27H,14H2,1-6H3/t16?,17-,18-,19+,20+,21?/m1/s1. The van der Waals surface area contributed by atoms with Gasteiger partial charge in [0.15, 0.2) is 17.8 Å². The summed E-state index contributed by atoms with van der Waals surface area (Å²) in [6.07, 6.45) is -2.75. The fourth-order valence-corrected chi connectivity index (χ4v) is 4.33. The Labute approximate surface area is 189 Å². The van der Waals surface area contributed by atoms with E-state index in [0.717, 1.165) is 10.6 Å². The maximum absolute atomic E-state index is 11.4. The van der Waals surface area contributed by atoms with E-state index < -0.39 is 47.8 Å². The number of hydroxylamine groups is 2. The summed E-state index contributed by atoms with van der Waals surface area (Å²) in [7, 11) is 0. The van der Waals surface area contributed by atoms with Gasteiger partial charge < -0.3 is 34.0 Å². The lowest BCUT2D eigenvalue weighted by molar-refractivity contribution is -0.279. The molecule has 1 aromatic rings. The molecule has 3 heterocycles. The number of rotatable bonds is 4. The second-order valence-corrected chi connectivity index (χ2v) is 9.94. The fraction of sp³-hybridized carbons (Fsp3) is 0.667. The number of hydrogen-bond donors (Lipinski definition) is 2. The van der Waals surface area contributed by atoms with Crippen LogP contribution < -0.4 is 0 Å². The zero-order valence-corrected chi connectivity index (χ0v) is 19.4. The van der Waals surface area contributed by atoms with Crippen molar-refractivity contribution in [3.8, 4) is 11.8 Å². The minimum atomic E-state index is -1.22. The van der Waals surface area contributed by atoms with Gasteiger partial charge in [0.05, 0.1) is 6.61 Å². The summed E-state index contributed by atoms with van der Waals surface area (Å²) < 4.78 is 30.3. The van der Waals surface area contributed by atoms with Crippen molar-refractivity contribution in [2.45, 2.75) is 95.4 Å². The molecule has 0 radical (unpaired) electrons. The Morgan fingerprint density at radius 2 is 1.66 bits per heavy atom. The Kier molecular flexibility index (Phi) is 6.16. The molecule has 2 unspecified atom stereocenters. The van der Waals surface area contributed by atoms with E-state index in [1.807, 2.05) is 58.0 Å². The van der Waals surface area contributed by atoms with Crippen molar-refractivity contribution in [3.63, 3.8) is 0 Å². The Morgan fingerprint density at radius 3 is 2.25 bits per heavy atom. The predicted octanol–water partition coefficient (Wildman–Crippen LogP) is 2.59. The van der Waals surface area contributed by atoms with E-state index in [1.54, 1.807) is 13.8 Å². The molecule has 8 nitrogen and oxygen atoms in total. The van der Waals surface area contributed by atoms with E-state index in [2.05, 4.69) is 11.8 Å². The molecule has 3 fully saturated rings. The lowest BCUT2D eigenvalue weighted by atomic mass is 10.0. The van der Waals surface area contributed by atoms with Crippen LogP contribution in [0.4, 0.5) is 0 Å². The molecule has 32 heavy (non-hydrogen) atoms. The monoisotopic (exact) mass is 447 g/mol. The Balaban J connectivity index is 1.64. The van der Waals surface area contributed by atoms with Crippen LogP contribution >= 0.6 is 0 Å². The molecule has 0 aliphatic carbocycles. The van der Waals surface area contributed by atoms with Crippen molar-refractivity contribution in [2.24, 2.45) is 0 Å². The number of nitrogens with zero attached hydrogens (tertiary/aromatic N) is 1. The highest BCUT2D eigenvalue weighted by Crippen LogP contribution is 2.44. The SMILES string of the molecule is CC(C)(O)C#CC(c1ccccc1)N(O)C1O[C@H]([C@H]2COC(C)(C)O2)[C@@H]2OC(C)(C)O[C@H]12. The van der Waals surface area contributed by atoms with Crippen LogP contribution in [0.1, 0.15) is 53.1 Å². The van der Waals surface area contributed by atoms with Crippen molar-refractivity contribution in [2.75, 3.05) is 6.61 Å². The van der Waals surface area contributed by atoms with Gasteiger partial charge in [-0.25, -0.2) is 0 Å². The normalized spacial score (nSPS) is 34.2. The first kappa shape index (κ1) is 23.6. The van der Waals surface area contributed by atoms with Crippen molar-refractivity contribution in [3.05, 3.63) is 35.9 Å². The third-order valence-electron chi connectivity index (χ3n) is 5.62. The summed E-state index contributed by atoms with van der Waals surface area (Å²) in [5, 5.41) is 22.5. The molecular formula is C24H33NO7. The van der Waals surface area contributed by atoms with E-state index in [9.17, 15) is 10.3 Å². The molecule has 3 aliphatic heterocycles. The first-order chi connectivity index (χ1) is 14.9. The highest BCUT2D eigenvalue weighted by atomic mass is 16.8. The Bertz CT molecular complexity index is 870. The predicted molar refractivity (Wildman–Crippen MR) is 114 cm³/mol. The molecule has 0 amide bonds. The quantitative estimate of drug-likeness (QED) is 0.538. The summed E-state index contributed by atoms with van der Waals surface area (Å²) in [6.45, 7) is 10.9. The first-order valence-electron chi connectivity index (χ1n) is 11.0. The third-order valence-corrected chi connectivity index (χ3v) is 5.62. The van der Waals surface area contributed by atoms with Gasteiger partial charge in [0.2, 0.25) is 0 Å². The average molecular weight is 448 g/mol. The van der Waals surface area contributed by atoms with Crippen LogP contribution in [0.3, 0.4) is 0 Å². The second kappa shape index (κ2) is 8.35. The van der Waals surface area contributed by atoms with E-state index in [4.69, 9.17) is 23.7 Å². The number of hydrogen-bond acceptors (Lipinski definition) is 8. The molecule has 3 saturated heterocycles. The largest absolute Gasteiger partial charge is 0.378 e. The van der Waals surface area contributed by atoms with Gasteiger partial charge in [0, 0.05) is 0 Å². The van der Waals surface area contributed by atoms with Gasteiger partial charge in [-0.15, -0.1) is 5.06 Å². The number of ether oxygens (including phenoxy) is 5. The highest BCUT2D eigenvalue weighted by Gasteiger charge is 2.60. The molecular weight excluding hydrogens is 414 g/mol. The van der Waals surface area contributed by atoms with Crippen LogP contribution in [0.15, 0.2) is 30.3 Å². The van der Waals surface area contributed by atoms with Gasteiger partial charge in [0.1, 0.15) is 36.1 Å². The summed E-state index contributed by atoms with van der Waals surface area (Å²) in [5.74, 6) is 4.24. The van der Waals surface area contributed by atoms with E-state index in [-0.39, 0.29) is 6.10 Å². The minimum Gasteiger partial charge on any atom is -0.378 e. The molecule has 8 heteroatoms. The van der Waals surface area contributed by atoms with Gasteiger partial charge in [-0.3, -0.25) is 0 Å². The van der Waals surface area contributed by atoms with Crippen molar-refractivity contribution >= 4 is 0 Å².